The van der Waals surface area contributed by atoms with E-state index < -0.39 is 11.9 Å². The number of aromatic nitrogens is 2. The van der Waals surface area contributed by atoms with Crippen molar-refractivity contribution in [2.24, 2.45) is 11.8 Å². The average Bonchev–Trinajstić information content (AvgIpc) is 3.14. The van der Waals surface area contributed by atoms with E-state index in [9.17, 15) is 19.1 Å². The maximum Gasteiger partial charge on any atom is 0.317 e. The third-order valence-electron chi connectivity index (χ3n) is 4.71. The first-order valence-electron chi connectivity index (χ1n) is 9.26. The highest BCUT2D eigenvalue weighted by Crippen LogP contribution is 2.21. The predicted molar refractivity (Wildman–Crippen MR) is 97.9 cm³/mol. The fourth-order valence-electron chi connectivity index (χ4n) is 3.32. The van der Waals surface area contributed by atoms with Gasteiger partial charge in [-0.3, -0.25) is 4.79 Å². The number of carboxylic acid groups (broad SMARTS) is 1. The number of carboxylic acids is 1. The summed E-state index contributed by atoms with van der Waals surface area (Å²) >= 11 is 0. The summed E-state index contributed by atoms with van der Waals surface area (Å²) < 4.78 is 18.1. The quantitative estimate of drug-likeness (QED) is 0.734. The minimum Gasteiger partial charge on any atom is -0.481 e. The van der Waals surface area contributed by atoms with Crippen LogP contribution in [-0.2, 0) is 11.2 Å². The van der Waals surface area contributed by atoms with Crippen LogP contribution in [-0.4, -0.2) is 51.8 Å². The Morgan fingerprint density at radius 2 is 2.07 bits per heavy atom. The summed E-state index contributed by atoms with van der Waals surface area (Å²) in [4.78, 5) is 29.3. The zero-order chi connectivity index (χ0) is 20.1. The van der Waals surface area contributed by atoms with Crippen LogP contribution in [0.25, 0.3) is 11.4 Å². The minimum atomic E-state index is -0.863. The topological polar surface area (TPSA) is 109 Å². The third kappa shape index (κ3) is 5.05. The summed E-state index contributed by atoms with van der Waals surface area (Å²) in [6, 6.07) is 5.56. The number of piperidine rings is 1. The number of rotatable bonds is 6. The molecule has 9 heteroatoms. The molecule has 2 amide bonds. The monoisotopic (exact) mass is 390 g/mol. The van der Waals surface area contributed by atoms with Gasteiger partial charge in [-0.15, -0.1) is 0 Å². The van der Waals surface area contributed by atoms with Crippen molar-refractivity contribution in [2.45, 2.75) is 26.2 Å². The molecule has 1 fully saturated rings. The number of halogens is 1. The van der Waals surface area contributed by atoms with Gasteiger partial charge in [0, 0.05) is 31.6 Å². The zero-order valence-electron chi connectivity index (χ0n) is 15.6. The molecule has 0 saturated carbocycles. The molecule has 3 rings (SSSR count). The van der Waals surface area contributed by atoms with Crippen LogP contribution >= 0.6 is 0 Å². The number of hydrogen-bond acceptors (Lipinski definition) is 5. The van der Waals surface area contributed by atoms with E-state index in [1.807, 2.05) is 6.92 Å². The van der Waals surface area contributed by atoms with Crippen LogP contribution in [0.5, 0.6) is 0 Å². The Hall–Kier alpha value is -2.97. The van der Waals surface area contributed by atoms with E-state index in [1.165, 1.54) is 12.1 Å². The Balaban J connectivity index is 1.44. The number of aliphatic carboxylic acids is 1. The minimum absolute atomic E-state index is 0.156. The summed E-state index contributed by atoms with van der Waals surface area (Å²) in [6.07, 6.45) is 1.68. The summed E-state index contributed by atoms with van der Waals surface area (Å²) in [5, 5.41) is 15.9. The number of aryl methyl sites for hydroxylation is 1. The lowest BCUT2D eigenvalue weighted by Crippen LogP contribution is -2.49. The highest BCUT2D eigenvalue weighted by molar-refractivity contribution is 5.76. The van der Waals surface area contributed by atoms with Crippen LogP contribution in [0.1, 0.15) is 25.7 Å². The zero-order valence-corrected chi connectivity index (χ0v) is 15.6. The maximum atomic E-state index is 13.0. The van der Waals surface area contributed by atoms with Gasteiger partial charge in [0.05, 0.1) is 5.92 Å². The lowest BCUT2D eigenvalue weighted by molar-refractivity contribution is -0.143. The molecule has 0 spiro atoms. The second-order valence-corrected chi connectivity index (χ2v) is 7.14. The predicted octanol–water partition coefficient (Wildman–Crippen LogP) is 2.56. The first-order chi connectivity index (χ1) is 13.4. The molecule has 28 heavy (non-hydrogen) atoms. The van der Waals surface area contributed by atoms with Crippen molar-refractivity contribution in [3.63, 3.8) is 0 Å². The number of nitrogens with one attached hydrogen (secondary N) is 1. The Morgan fingerprint density at radius 3 is 2.79 bits per heavy atom. The number of carbonyl (C=O) groups excluding carboxylic acids is 1. The number of hydrogen-bond donors (Lipinski definition) is 2. The SMILES string of the molecule is CC1CC(C(=O)O)CN(C(=O)NCCCc2nc(-c3ccc(F)cc3)no2)C1. The Kier molecular flexibility index (Phi) is 6.23. The summed E-state index contributed by atoms with van der Waals surface area (Å²) in [5.74, 6) is -0.729. The molecule has 1 aliphatic heterocycles. The lowest BCUT2D eigenvalue weighted by Gasteiger charge is -2.34. The molecule has 0 aliphatic carbocycles. The fraction of sp³-hybridized carbons (Fsp3) is 0.474. The molecule has 1 saturated heterocycles. The van der Waals surface area contributed by atoms with Crippen LogP contribution in [0.4, 0.5) is 9.18 Å². The maximum absolute atomic E-state index is 13.0. The molecule has 0 radical (unpaired) electrons. The van der Waals surface area contributed by atoms with Crippen molar-refractivity contribution in [3.8, 4) is 11.4 Å². The van der Waals surface area contributed by atoms with E-state index in [2.05, 4.69) is 15.5 Å². The molecular formula is C19H23FN4O4. The second kappa shape index (κ2) is 8.81. The van der Waals surface area contributed by atoms with Gasteiger partial charge in [-0.2, -0.15) is 4.98 Å². The van der Waals surface area contributed by atoms with Crippen LogP contribution < -0.4 is 5.32 Å². The van der Waals surface area contributed by atoms with Gasteiger partial charge in [0.25, 0.3) is 0 Å². The van der Waals surface area contributed by atoms with Gasteiger partial charge in [-0.25, -0.2) is 9.18 Å². The van der Waals surface area contributed by atoms with Crippen molar-refractivity contribution in [2.75, 3.05) is 19.6 Å². The molecule has 2 atom stereocenters. The Bertz CT molecular complexity index is 824. The highest BCUT2D eigenvalue weighted by Gasteiger charge is 2.31. The third-order valence-corrected chi connectivity index (χ3v) is 4.71. The van der Waals surface area contributed by atoms with Gasteiger partial charge in [0.2, 0.25) is 11.7 Å². The van der Waals surface area contributed by atoms with Crippen molar-refractivity contribution >= 4 is 12.0 Å². The molecular weight excluding hydrogens is 367 g/mol. The van der Waals surface area contributed by atoms with Crippen LogP contribution in [0.15, 0.2) is 28.8 Å². The van der Waals surface area contributed by atoms with Gasteiger partial charge in [-0.1, -0.05) is 12.1 Å². The van der Waals surface area contributed by atoms with E-state index in [0.717, 1.165) is 0 Å². The number of urea groups is 1. The van der Waals surface area contributed by atoms with Crippen molar-refractivity contribution in [1.29, 1.82) is 0 Å². The molecule has 2 heterocycles. The van der Waals surface area contributed by atoms with Crippen molar-refractivity contribution < 1.29 is 23.6 Å². The largest absolute Gasteiger partial charge is 0.481 e. The molecule has 2 N–H and O–H groups in total. The summed E-state index contributed by atoms with van der Waals surface area (Å²) in [6.45, 7) is 3.15. The molecule has 8 nitrogen and oxygen atoms in total. The van der Waals surface area contributed by atoms with Crippen LogP contribution in [0.2, 0.25) is 0 Å². The number of likely N-dealkylation sites (tertiary alicyclic amines) is 1. The van der Waals surface area contributed by atoms with Crippen molar-refractivity contribution in [3.05, 3.63) is 36.0 Å². The Labute approximate surface area is 161 Å². The van der Waals surface area contributed by atoms with E-state index >= 15 is 0 Å². The molecule has 0 bridgehead atoms. The van der Waals surface area contributed by atoms with E-state index in [-0.39, 0.29) is 24.3 Å². The van der Waals surface area contributed by atoms with Gasteiger partial charge in [0.15, 0.2) is 0 Å². The van der Waals surface area contributed by atoms with Gasteiger partial charge < -0.3 is 19.8 Å². The van der Waals surface area contributed by atoms with E-state index in [1.54, 1.807) is 17.0 Å². The smallest absolute Gasteiger partial charge is 0.317 e. The second-order valence-electron chi connectivity index (χ2n) is 7.14. The first-order valence-corrected chi connectivity index (χ1v) is 9.26. The highest BCUT2D eigenvalue weighted by atomic mass is 19.1. The van der Waals surface area contributed by atoms with Crippen LogP contribution in [0, 0.1) is 17.7 Å². The molecule has 2 aromatic rings. The van der Waals surface area contributed by atoms with Gasteiger partial charge >= 0.3 is 12.0 Å². The number of nitrogens with zero attached hydrogens (tertiary/aromatic N) is 3. The number of amides is 2. The van der Waals surface area contributed by atoms with E-state index in [4.69, 9.17) is 4.52 Å². The standard InChI is InChI=1S/C19H23FN4O4/c1-12-9-14(18(25)26)11-24(10-12)19(27)21-8-2-3-16-22-17(23-28-16)13-4-6-15(20)7-5-13/h4-7,12,14H,2-3,8-11H2,1H3,(H,21,27)(H,25,26). The van der Waals surface area contributed by atoms with Gasteiger partial charge in [-0.05, 0) is 43.0 Å². The average molecular weight is 390 g/mol. The first kappa shape index (κ1) is 19.8. The molecule has 1 aliphatic rings. The Morgan fingerprint density at radius 1 is 1.32 bits per heavy atom. The molecule has 2 unspecified atom stereocenters. The van der Waals surface area contributed by atoms with Gasteiger partial charge in [0.1, 0.15) is 5.82 Å². The normalized spacial score (nSPS) is 19.4. The number of benzene rings is 1. The van der Waals surface area contributed by atoms with Crippen molar-refractivity contribution in [1.82, 2.24) is 20.4 Å². The molecule has 1 aromatic carbocycles. The van der Waals surface area contributed by atoms with E-state index in [0.29, 0.717) is 49.6 Å². The number of carbonyl (C=O) groups is 2. The summed E-state index contributed by atoms with van der Waals surface area (Å²) in [7, 11) is 0. The fourth-order valence-corrected chi connectivity index (χ4v) is 3.32. The molecule has 150 valence electrons. The molecule has 1 aromatic heterocycles. The lowest BCUT2D eigenvalue weighted by atomic mass is 9.91. The summed E-state index contributed by atoms with van der Waals surface area (Å²) in [5.41, 5.74) is 0.664. The van der Waals surface area contributed by atoms with Crippen LogP contribution in [0.3, 0.4) is 0 Å².